The van der Waals surface area contributed by atoms with Gasteiger partial charge in [-0.25, -0.2) is 0 Å². The molecule has 1 nitrogen and oxygen atoms in total. The first-order chi connectivity index (χ1) is 9.49. The van der Waals surface area contributed by atoms with E-state index in [2.05, 4.69) is 42.4 Å². The van der Waals surface area contributed by atoms with Gasteiger partial charge in [-0.15, -0.1) is 6.42 Å². The molecule has 0 aromatic heterocycles. The fourth-order valence-electron chi connectivity index (χ4n) is 2.61. The summed E-state index contributed by atoms with van der Waals surface area (Å²) in [5.41, 5.74) is 1.12. The lowest BCUT2D eigenvalue weighted by atomic mass is 10.1. The van der Waals surface area contributed by atoms with Crippen LogP contribution in [0, 0.1) is 12.3 Å². The highest BCUT2D eigenvalue weighted by molar-refractivity contribution is 14.1. The van der Waals surface area contributed by atoms with Gasteiger partial charge in [0.15, 0.2) is 0 Å². The van der Waals surface area contributed by atoms with Crippen LogP contribution in [0.1, 0.15) is 32.3 Å². The van der Waals surface area contributed by atoms with Gasteiger partial charge in [-0.2, -0.15) is 0 Å². The van der Waals surface area contributed by atoms with Crippen LogP contribution in [-0.4, -0.2) is 21.6 Å². The van der Waals surface area contributed by atoms with E-state index in [1.54, 1.807) is 0 Å². The molecular formula is C16H21Cl2IN+. The Balaban J connectivity index is 3.13. The van der Waals surface area contributed by atoms with E-state index < -0.39 is 0 Å². The minimum atomic E-state index is 0.152. The molecule has 0 fully saturated rings. The van der Waals surface area contributed by atoms with Gasteiger partial charge in [-0.1, -0.05) is 43.1 Å². The van der Waals surface area contributed by atoms with Crippen molar-refractivity contribution in [2.24, 2.45) is 0 Å². The quantitative estimate of drug-likeness (QED) is 0.177. The number of terminal acetylenes is 1. The van der Waals surface area contributed by atoms with Gasteiger partial charge in [0.25, 0.3) is 0 Å². The monoisotopic (exact) mass is 424 g/mol. The highest BCUT2D eigenvalue weighted by atomic mass is 127. The van der Waals surface area contributed by atoms with E-state index in [1.165, 1.54) is 0 Å². The number of halogens is 3. The van der Waals surface area contributed by atoms with Gasteiger partial charge in [-0.05, 0) is 30.9 Å². The van der Waals surface area contributed by atoms with Gasteiger partial charge in [0.05, 0.1) is 18.1 Å². The van der Waals surface area contributed by atoms with E-state index in [0.29, 0.717) is 5.02 Å². The molecule has 0 spiro atoms. The lowest BCUT2D eigenvalue weighted by Gasteiger charge is -2.40. The largest absolute Gasteiger partial charge is 0.299 e. The Morgan fingerprint density at radius 2 is 1.85 bits per heavy atom. The molecular weight excluding hydrogens is 404 g/mol. The van der Waals surface area contributed by atoms with Gasteiger partial charge < -0.3 is 0 Å². The Morgan fingerprint density at radius 1 is 1.25 bits per heavy atom. The Bertz CT molecular complexity index is 476. The number of benzene rings is 1. The van der Waals surface area contributed by atoms with E-state index in [4.69, 9.17) is 29.6 Å². The molecule has 0 heterocycles. The molecule has 0 aliphatic carbocycles. The highest BCUT2D eigenvalue weighted by Gasteiger charge is 2.33. The van der Waals surface area contributed by atoms with E-state index >= 15 is 0 Å². The molecule has 20 heavy (non-hydrogen) atoms. The number of nitrogens with zero attached hydrogens (tertiary/aromatic N) is 1. The van der Waals surface area contributed by atoms with Gasteiger partial charge in [0, 0.05) is 33.2 Å². The molecule has 1 aromatic carbocycles. The van der Waals surface area contributed by atoms with Crippen molar-refractivity contribution in [3.05, 3.63) is 33.8 Å². The van der Waals surface area contributed by atoms with E-state index in [-0.39, 0.29) is 4.05 Å². The molecule has 1 aromatic rings. The number of rotatable bonds is 7. The van der Waals surface area contributed by atoms with Crippen molar-refractivity contribution in [2.75, 3.05) is 13.1 Å². The summed E-state index contributed by atoms with van der Waals surface area (Å²) in [5, 5.41) is 1.40. The summed E-state index contributed by atoms with van der Waals surface area (Å²) in [6.45, 7) is 7.38. The van der Waals surface area contributed by atoms with Crippen molar-refractivity contribution in [1.29, 1.82) is 0 Å². The summed E-state index contributed by atoms with van der Waals surface area (Å²) < 4.78 is 1.03. The fourth-order valence-corrected chi connectivity index (χ4v) is 3.84. The van der Waals surface area contributed by atoms with Crippen molar-refractivity contribution in [1.82, 2.24) is 0 Å². The molecule has 0 saturated carbocycles. The molecule has 110 valence electrons. The second-order valence-electron chi connectivity index (χ2n) is 5.06. The van der Waals surface area contributed by atoms with Crippen LogP contribution in [0.25, 0.3) is 0 Å². The van der Waals surface area contributed by atoms with Crippen LogP contribution in [0.5, 0.6) is 0 Å². The Kier molecular flexibility index (Phi) is 7.68. The van der Waals surface area contributed by atoms with Crippen molar-refractivity contribution >= 4 is 45.8 Å². The zero-order valence-electron chi connectivity index (χ0n) is 12.0. The third-order valence-corrected chi connectivity index (χ3v) is 5.58. The van der Waals surface area contributed by atoms with Crippen LogP contribution >= 0.6 is 45.8 Å². The normalized spacial score (nSPS) is 13.0. The van der Waals surface area contributed by atoms with Crippen LogP contribution in [0.4, 0.5) is 0 Å². The average molecular weight is 425 g/mol. The second kappa shape index (κ2) is 8.48. The molecule has 0 bridgehead atoms. The van der Waals surface area contributed by atoms with Gasteiger partial charge in [0.1, 0.15) is 6.54 Å². The molecule has 0 saturated heterocycles. The molecule has 4 heteroatoms. The fraction of sp³-hybridized carbons (Fsp3) is 0.500. The lowest BCUT2D eigenvalue weighted by Crippen LogP contribution is -2.52. The topological polar surface area (TPSA) is 0 Å². The number of hydrogen-bond acceptors (Lipinski definition) is 0. The first kappa shape index (κ1) is 18.1. The van der Waals surface area contributed by atoms with Crippen molar-refractivity contribution in [3.63, 3.8) is 0 Å². The zero-order valence-corrected chi connectivity index (χ0v) is 15.7. The third-order valence-electron chi connectivity index (χ3n) is 3.46. The molecule has 1 atom stereocenters. The summed E-state index contributed by atoms with van der Waals surface area (Å²) >= 11 is 14.7. The summed E-state index contributed by atoms with van der Waals surface area (Å²) in [5.74, 6) is 2.92. The molecule has 0 aliphatic rings. The SMILES string of the molecule is C#CC(I)[N+](CCC)(CCC)Cc1ccc(Cl)cc1Cl. The van der Waals surface area contributed by atoms with Crippen molar-refractivity contribution < 1.29 is 4.48 Å². The second-order valence-corrected chi connectivity index (χ2v) is 7.09. The third kappa shape index (κ3) is 4.53. The van der Waals surface area contributed by atoms with E-state index in [0.717, 1.165) is 47.5 Å². The number of quaternary nitrogens is 1. The van der Waals surface area contributed by atoms with Crippen LogP contribution in [0.15, 0.2) is 18.2 Å². The van der Waals surface area contributed by atoms with E-state index in [9.17, 15) is 0 Å². The van der Waals surface area contributed by atoms with Crippen molar-refractivity contribution in [3.8, 4) is 12.3 Å². The Hall–Kier alpha value is 0.0500. The summed E-state index contributed by atoms with van der Waals surface area (Å²) in [4.78, 5) is 0. The van der Waals surface area contributed by atoms with Crippen molar-refractivity contribution in [2.45, 2.75) is 37.3 Å². The Morgan fingerprint density at radius 3 is 2.30 bits per heavy atom. The first-order valence-corrected chi connectivity index (χ1v) is 8.89. The van der Waals surface area contributed by atoms with Crippen LogP contribution in [0.2, 0.25) is 10.0 Å². The molecule has 0 amide bonds. The minimum absolute atomic E-state index is 0.152. The molecule has 0 radical (unpaired) electrons. The predicted molar refractivity (Wildman–Crippen MR) is 97.4 cm³/mol. The molecule has 1 rings (SSSR count). The summed E-state index contributed by atoms with van der Waals surface area (Å²) in [6.07, 6.45) is 7.91. The highest BCUT2D eigenvalue weighted by Crippen LogP contribution is 2.29. The molecule has 0 aliphatic heterocycles. The van der Waals surface area contributed by atoms with Crippen LogP contribution in [-0.2, 0) is 6.54 Å². The standard InChI is InChI=1S/C16H21Cl2IN/c1-4-9-20(10-5-2,16(19)6-3)12-13-7-8-14(17)11-15(13)18/h3,7-8,11,16H,4-5,9-10,12H2,1-2H3/q+1. The molecule has 1 unspecified atom stereocenters. The van der Waals surface area contributed by atoms with Gasteiger partial charge in [-0.3, -0.25) is 4.48 Å². The number of alkyl halides is 1. The van der Waals surface area contributed by atoms with E-state index in [1.807, 2.05) is 18.2 Å². The Labute approximate surface area is 146 Å². The lowest BCUT2D eigenvalue weighted by molar-refractivity contribution is -0.940. The smallest absolute Gasteiger partial charge is 0.200 e. The summed E-state index contributed by atoms with van der Waals surface area (Å²) in [6, 6.07) is 5.72. The number of hydrogen-bond donors (Lipinski definition) is 0. The van der Waals surface area contributed by atoms with Crippen LogP contribution < -0.4 is 0 Å². The van der Waals surface area contributed by atoms with Crippen LogP contribution in [0.3, 0.4) is 0 Å². The molecule has 0 N–H and O–H groups in total. The average Bonchev–Trinajstić information content (AvgIpc) is 2.41. The first-order valence-electron chi connectivity index (χ1n) is 6.89. The van der Waals surface area contributed by atoms with Gasteiger partial charge in [0.2, 0.25) is 4.05 Å². The minimum Gasteiger partial charge on any atom is -0.299 e. The maximum Gasteiger partial charge on any atom is 0.200 e. The maximum absolute atomic E-state index is 6.34. The maximum atomic E-state index is 6.34. The zero-order chi connectivity index (χ0) is 15.2. The summed E-state index contributed by atoms with van der Waals surface area (Å²) in [7, 11) is 0. The van der Waals surface area contributed by atoms with Gasteiger partial charge >= 0.3 is 0 Å². The predicted octanol–water partition coefficient (Wildman–Crippen LogP) is 5.52.